The lowest BCUT2D eigenvalue weighted by molar-refractivity contribution is 0.137. The van der Waals surface area contributed by atoms with Gasteiger partial charge in [0.15, 0.2) is 0 Å². The van der Waals surface area contributed by atoms with Crippen molar-refractivity contribution in [2.24, 2.45) is 5.73 Å². The van der Waals surface area contributed by atoms with Gasteiger partial charge in [-0.1, -0.05) is 13.8 Å². The van der Waals surface area contributed by atoms with Crippen LogP contribution in [0.3, 0.4) is 0 Å². The minimum Gasteiger partial charge on any atom is -0.329 e. The van der Waals surface area contributed by atoms with Crippen molar-refractivity contribution in [2.45, 2.75) is 71.1 Å². The first-order chi connectivity index (χ1) is 9.21. The minimum atomic E-state index is 0.327. The van der Waals surface area contributed by atoms with Crippen LogP contribution < -0.4 is 5.73 Å². The summed E-state index contributed by atoms with van der Waals surface area (Å²) in [6.45, 7) is 8.46. The van der Waals surface area contributed by atoms with Crippen LogP contribution in [-0.2, 0) is 6.54 Å². The minimum absolute atomic E-state index is 0.327. The van der Waals surface area contributed by atoms with E-state index in [0.717, 1.165) is 13.0 Å². The summed E-state index contributed by atoms with van der Waals surface area (Å²) in [5.74, 6) is 0. The number of hydrogen-bond acceptors (Lipinski definition) is 3. The molecule has 108 valence electrons. The van der Waals surface area contributed by atoms with Crippen LogP contribution in [0.1, 0.15) is 58.1 Å². The Morgan fingerprint density at radius 2 is 2.21 bits per heavy atom. The Balaban J connectivity index is 2.17. The highest BCUT2D eigenvalue weighted by atomic mass is 15.3. The highest BCUT2D eigenvalue weighted by Crippen LogP contribution is 2.34. The molecular formula is C15H28N4. The van der Waals surface area contributed by atoms with Gasteiger partial charge in [-0.3, -0.25) is 9.58 Å². The Kier molecular flexibility index (Phi) is 4.99. The molecule has 3 unspecified atom stereocenters. The van der Waals surface area contributed by atoms with E-state index in [0.29, 0.717) is 24.7 Å². The fourth-order valence-electron chi connectivity index (χ4n) is 3.40. The highest BCUT2D eigenvalue weighted by Gasteiger charge is 2.35. The zero-order valence-corrected chi connectivity index (χ0v) is 12.5. The molecule has 1 aromatic rings. The van der Waals surface area contributed by atoms with Gasteiger partial charge in [0.25, 0.3) is 0 Å². The topological polar surface area (TPSA) is 47.1 Å². The zero-order chi connectivity index (χ0) is 13.8. The van der Waals surface area contributed by atoms with E-state index in [1.807, 2.05) is 10.9 Å². The summed E-state index contributed by atoms with van der Waals surface area (Å²) in [5.41, 5.74) is 7.35. The van der Waals surface area contributed by atoms with Crippen molar-refractivity contribution in [2.75, 3.05) is 6.54 Å². The molecule has 4 nitrogen and oxygen atoms in total. The SMILES string of the molecule is CCCn1cc(C(CN)N2C(C)CCC2CC)cn1. The molecule has 0 bridgehead atoms. The molecule has 19 heavy (non-hydrogen) atoms. The van der Waals surface area contributed by atoms with Crippen LogP contribution in [0.4, 0.5) is 0 Å². The fraction of sp³-hybridized carbons (Fsp3) is 0.800. The van der Waals surface area contributed by atoms with Crippen molar-refractivity contribution in [3.05, 3.63) is 18.0 Å². The maximum atomic E-state index is 6.07. The summed E-state index contributed by atoms with van der Waals surface area (Å²) in [7, 11) is 0. The second-order valence-electron chi connectivity index (χ2n) is 5.72. The Labute approximate surface area is 117 Å². The zero-order valence-electron chi connectivity index (χ0n) is 12.5. The Morgan fingerprint density at radius 3 is 2.84 bits per heavy atom. The third-order valence-corrected chi connectivity index (χ3v) is 4.39. The van der Waals surface area contributed by atoms with Gasteiger partial charge in [0.05, 0.1) is 12.2 Å². The largest absolute Gasteiger partial charge is 0.329 e. The summed E-state index contributed by atoms with van der Waals surface area (Å²) in [6.07, 6.45) is 9.11. The normalized spacial score (nSPS) is 25.9. The van der Waals surface area contributed by atoms with E-state index < -0.39 is 0 Å². The van der Waals surface area contributed by atoms with Gasteiger partial charge in [-0.05, 0) is 32.6 Å². The van der Waals surface area contributed by atoms with E-state index in [1.165, 1.54) is 24.8 Å². The van der Waals surface area contributed by atoms with Gasteiger partial charge < -0.3 is 5.73 Å². The summed E-state index contributed by atoms with van der Waals surface area (Å²) in [6, 6.07) is 1.64. The Morgan fingerprint density at radius 1 is 1.42 bits per heavy atom. The number of rotatable bonds is 6. The first kappa shape index (κ1) is 14.5. The van der Waals surface area contributed by atoms with E-state index in [1.54, 1.807) is 0 Å². The number of likely N-dealkylation sites (tertiary alicyclic amines) is 1. The number of nitrogens with zero attached hydrogens (tertiary/aromatic N) is 3. The molecule has 1 aliphatic heterocycles. The van der Waals surface area contributed by atoms with Crippen LogP contribution in [0, 0.1) is 0 Å². The summed E-state index contributed by atoms with van der Waals surface area (Å²) in [4.78, 5) is 2.62. The molecule has 0 saturated carbocycles. The third-order valence-electron chi connectivity index (χ3n) is 4.39. The van der Waals surface area contributed by atoms with Crippen molar-refractivity contribution in [3.8, 4) is 0 Å². The molecule has 0 aliphatic carbocycles. The summed E-state index contributed by atoms with van der Waals surface area (Å²) in [5, 5.41) is 4.46. The van der Waals surface area contributed by atoms with E-state index >= 15 is 0 Å². The predicted molar refractivity (Wildman–Crippen MR) is 78.9 cm³/mol. The molecule has 0 aromatic carbocycles. The van der Waals surface area contributed by atoms with Crippen molar-refractivity contribution in [1.82, 2.24) is 14.7 Å². The van der Waals surface area contributed by atoms with Gasteiger partial charge in [-0.15, -0.1) is 0 Å². The number of hydrogen-bond donors (Lipinski definition) is 1. The number of aryl methyl sites for hydroxylation is 1. The molecule has 1 saturated heterocycles. The first-order valence-electron chi connectivity index (χ1n) is 7.71. The average molecular weight is 264 g/mol. The third kappa shape index (κ3) is 3.00. The molecule has 0 spiro atoms. The lowest BCUT2D eigenvalue weighted by Crippen LogP contribution is -2.40. The van der Waals surface area contributed by atoms with Crippen molar-refractivity contribution < 1.29 is 0 Å². The quantitative estimate of drug-likeness (QED) is 0.859. The molecule has 1 fully saturated rings. The van der Waals surface area contributed by atoms with Crippen LogP contribution in [0.15, 0.2) is 12.4 Å². The summed E-state index contributed by atoms with van der Waals surface area (Å²) < 4.78 is 2.04. The lowest BCUT2D eigenvalue weighted by atomic mass is 10.1. The van der Waals surface area contributed by atoms with Crippen LogP contribution in [0.2, 0.25) is 0 Å². The molecular weight excluding hydrogens is 236 g/mol. The summed E-state index contributed by atoms with van der Waals surface area (Å²) >= 11 is 0. The molecule has 1 aliphatic rings. The van der Waals surface area contributed by atoms with Gasteiger partial charge in [-0.2, -0.15) is 5.10 Å². The van der Waals surface area contributed by atoms with Gasteiger partial charge in [0.2, 0.25) is 0 Å². The van der Waals surface area contributed by atoms with E-state index in [4.69, 9.17) is 5.73 Å². The van der Waals surface area contributed by atoms with Gasteiger partial charge >= 0.3 is 0 Å². The molecule has 3 atom stereocenters. The first-order valence-corrected chi connectivity index (χ1v) is 7.71. The van der Waals surface area contributed by atoms with E-state index in [-0.39, 0.29) is 0 Å². The lowest BCUT2D eigenvalue weighted by Gasteiger charge is -2.35. The second kappa shape index (κ2) is 6.53. The molecule has 2 N–H and O–H groups in total. The average Bonchev–Trinajstić information content (AvgIpc) is 3.00. The van der Waals surface area contributed by atoms with Gasteiger partial charge in [0, 0.05) is 36.9 Å². The smallest absolute Gasteiger partial charge is 0.0538 e. The van der Waals surface area contributed by atoms with Crippen LogP contribution in [-0.4, -0.2) is 33.3 Å². The second-order valence-corrected chi connectivity index (χ2v) is 5.72. The Bertz CT molecular complexity index is 387. The van der Waals surface area contributed by atoms with Crippen molar-refractivity contribution in [1.29, 1.82) is 0 Å². The molecule has 1 aromatic heterocycles. The number of nitrogens with two attached hydrogens (primary N) is 1. The predicted octanol–water partition coefficient (Wildman–Crippen LogP) is 2.56. The number of aromatic nitrogens is 2. The highest BCUT2D eigenvalue weighted by molar-refractivity contribution is 5.13. The molecule has 0 radical (unpaired) electrons. The van der Waals surface area contributed by atoms with Crippen molar-refractivity contribution in [3.63, 3.8) is 0 Å². The molecule has 0 amide bonds. The van der Waals surface area contributed by atoms with Gasteiger partial charge in [-0.25, -0.2) is 0 Å². The molecule has 4 heteroatoms. The maximum Gasteiger partial charge on any atom is 0.0538 e. The standard InChI is InChI=1S/C15H28N4/c1-4-8-18-11-13(10-17-18)15(9-16)19-12(3)6-7-14(19)5-2/h10-12,14-15H,4-9,16H2,1-3H3. The van der Waals surface area contributed by atoms with Crippen LogP contribution >= 0.6 is 0 Å². The van der Waals surface area contributed by atoms with Crippen LogP contribution in [0.25, 0.3) is 0 Å². The van der Waals surface area contributed by atoms with Crippen LogP contribution in [0.5, 0.6) is 0 Å². The van der Waals surface area contributed by atoms with Gasteiger partial charge in [0.1, 0.15) is 0 Å². The van der Waals surface area contributed by atoms with E-state index in [2.05, 4.69) is 37.0 Å². The molecule has 2 heterocycles. The Hall–Kier alpha value is -0.870. The maximum absolute atomic E-state index is 6.07. The monoisotopic (exact) mass is 264 g/mol. The fourth-order valence-corrected chi connectivity index (χ4v) is 3.40. The molecule has 2 rings (SSSR count). The van der Waals surface area contributed by atoms with E-state index in [9.17, 15) is 0 Å². The van der Waals surface area contributed by atoms with Crippen molar-refractivity contribution >= 4 is 0 Å².